The van der Waals surface area contributed by atoms with Gasteiger partial charge in [0.05, 0.1) is 11.7 Å². The fourth-order valence-corrected chi connectivity index (χ4v) is 3.94. The number of hydrogen-bond donors (Lipinski definition) is 2. The number of hydrogen-bond acceptors (Lipinski definition) is 3. The summed E-state index contributed by atoms with van der Waals surface area (Å²) in [5.41, 5.74) is -0.530. The van der Waals surface area contributed by atoms with Gasteiger partial charge in [0.15, 0.2) is 0 Å². The number of nitrogens with one attached hydrogen (secondary N) is 1. The van der Waals surface area contributed by atoms with E-state index < -0.39 is 40.1 Å². The molecule has 0 radical (unpaired) electrons. The molecule has 1 fully saturated rings. The Labute approximate surface area is 129 Å². The molecule has 2 atom stereocenters. The summed E-state index contributed by atoms with van der Waals surface area (Å²) in [6.07, 6.45) is 0.153. The van der Waals surface area contributed by atoms with Crippen LogP contribution in [0.3, 0.4) is 0 Å². The van der Waals surface area contributed by atoms with Crippen LogP contribution < -0.4 is 4.72 Å². The number of nitrogens with zero attached hydrogens (tertiary/aromatic N) is 1. The van der Waals surface area contributed by atoms with E-state index in [1.807, 2.05) is 6.92 Å². The highest BCUT2D eigenvalue weighted by Gasteiger charge is 2.28. The van der Waals surface area contributed by atoms with E-state index in [0.717, 1.165) is 25.0 Å². The zero-order valence-corrected chi connectivity index (χ0v) is 13.1. The minimum absolute atomic E-state index is 0.263. The van der Waals surface area contributed by atoms with E-state index in [1.165, 1.54) is 10.4 Å². The van der Waals surface area contributed by atoms with Gasteiger partial charge in [-0.2, -0.15) is 17.4 Å². The van der Waals surface area contributed by atoms with Gasteiger partial charge in [0.2, 0.25) is 0 Å². The van der Waals surface area contributed by atoms with Crippen molar-refractivity contribution in [1.29, 1.82) is 0 Å². The van der Waals surface area contributed by atoms with Gasteiger partial charge in [-0.15, -0.1) is 0 Å². The highest BCUT2D eigenvalue weighted by atomic mass is 32.2. The fourth-order valence-electron chi connectivity index (χ4n) is 2.57. The van der Waals surface area contributed by atoms with Crippen LogP contribution in [0.5, 0.6) is 0 Å². The molecule has 22 heavy (non-hydrogen) atoms. The number of halogens is 2. The minimum atomic E-state index is -3.77. The molecular weight excluding hydrogens is 314 g/mol. The maximum Gasteiger partial charge on any atom is 0.279 e. The first-order valence-corrected chi connectivity index (χ1v) is 8.62. The molecule has 1 aliphatic heterocycles. The molecule has 2 N–H and O–H groups in total. The third kappa shape index (κ3) is 4.01. The van der Waals surface area contributed by atoms with Crippen molar-refractivity contribution in [2.24, 2.45) is 5.92 Å². The fraction of sp³-hybridized carbons (Fsp3) is 0.571. The summed E-state index contributed by atoms with van der Waals surface area (Å²) < 4.78 is 54.9. The quantitative estimate of drug-likeness (QED) is 0.859. The Morgan fingerprint density at radius 2 is 2.05 bits per heavy atom. The Bertz CT molecular complexity index is 604. The van der Waals surface area contributed by atoms with Crippen LogP contribution in [0.2, 0.25) is 0 Å². The van der Waals surface area contributed by atoms with Gasteiger partial charge in [0, 0.05) is 19.6 Å². The number of aliphatic hydroxyl groups is 1. The van der Waals surface area contributed by atoms with Crippen molar-refractivity contribution in [3.05, 3.63) is 35.4 Å². The Hall–Kier alpha value is -1.09. The van der Waals surface area contributed by atoms with Crippen molar-refractivity contribution in [3.8, 4) is 0 Å². The van der Waals surface area contributed by atoms with Gasteiger partial charge in [-0.25, -0.2) is 8.78 Å². The lowest BCUT2D eigenvalue weighted by Crippen LogP contribution is -2.46. The molecule has 0 aromatic heterocycles. The van der Waals surface area contributed by atoms with Gasteiger partial charge < -0.3 is 5.11 Å². The summed E-state index contributed by atoms with van der Waals surface area (Å²) >= 11 is 0. The Kier molecular flexibility index (Phi) is 5.49. The molecule has 0 saturated carbocycles. The number of rotatable bonds is 5. The van der Waals surface area contributed by atoms with Gasteiger partial charge in [-0.1, -0.05) is 13.0 Å². The monoisotopic (exact) mass is 334 g/mol. The largest absolute Gasteiger partial charge is 0.387 e. The normalized spacial score (nSPS) is 21.7. The number of piperidine rings is 1. The number of benzene rings is 1. The first-order chi connectivity index (χ1) is 10.3. The predicted molar refractivity (Wildman–Crippen MR) is 78.2 cm³/mol. The molecule has 1 aliphatic rings. The van der Waals surface area contributed by atoms with Crippen molar-refractivity contribution < 1.29 is 22.3 Å². The van der Waals surface area contributed by atoms with E-state index in [1.54, 1.807) is 0 Å². The topological polar surface area (TPSA) is 69.6 Å². The maximum absolute atomic E-state index is 13.5. The smallest absolute Gasteiger partial charge is 0.279 e. The van der Waals surface area contributed by atoms with Crippen LogP contribution in [0.15, 0.2) is 18.2 Å². The second-order valence-electron chi connectivity index (χ2n) is 5.61. The first kappa shape index (κ1) is 17.3. The van der Waals surface area contributed by atoms with E-state index in [-0.39, 0.29) is 5.92 Å². The molecule has 1 aromatic rings. The van der Waals surface area contributed by atoms with Crippen LogP contribution in [-0.2, 0) is 10.2 Å². The molecular formula is C14H20F2N2O3S. The summed E-state index contributed by atoms with van der Waals surface area (Å²) in [5.74, 6) is -1.55. The van der Waals surface area contributed by atoms with Crippen molar-refractivity contribution >= 4 is 10.2 Å². The lowest BCUT2D eigenvalue weighted by atomic mass is 10.0. The molecule has 1 aromatic carbocycles. The van der Waals surface area contributed by atoms with E-state index >= 15 is 0 Å². The standard InChI is InChI=1S/C14H20F2N2O3S/c1-10-4-3-7-18(9-10)22(20,21)17-8-13(19)14-11(15)5-2-6-12(14)16/h2,5-6,10,13,17,19H,3-4,7-9H2,1H3/t10-,13+/m1/s1. The third-order valence-corrected chi connectivity index (χ3v) is 5.29. The highest BCUT2D eigenvalue weighted by molar-refractivity contribution is 7.87. The molecule has 0 unspecified atom stereocenters. The van der Waals surface area contributed by atoms with Crippen molar-refractivity contribution in [3.63, 3.8) is 0 Å². The Balaban J connectivity index is 2.02. The van der Waals surface area contributed by atoms with Crippen LogP contribution in [0, 0.1) is 17.6 Å². The van der Waals surface area contributed by atoms with Gasteiger partial charge in [0.1, 0.15) is 11.6 Å². The zero-order chi connectivity index (χ0) is 16.3. The molecule has 124 valence electrons. The average molecular weight is 334 g/mol. The molecule has 0 spiro atoms. The summed E-state index contributed by atoms with van der Waals surface area (Å²) in [5, 5.41) is 9.87. The molecule has 1 saturated heterocycles. The Morgan fingerprint density at radius 3 is 2.64 bits per heavy atom. The summed E-state index contributed by atoms with van der Waals surface area (Å²) in [6.45, 7) is 2.29. The van der Waals surface area contributed by atoms with Crippen molar-refractivity contribution in [2.75, 3.05) is 19.6 Å². The lowest BCUT2D eigenvalue weighted by molar-refractivity contribution is 0.170. The van der Waals surface area contributed by atoms with Crippen LogP contribution in [0.25, 0.3) is 0 Å². The summed E-state index contributed by atoms with van der Waals surface area (Å²) in [4.78, 5) is 0. The molecule has 0 bridgehead atoms. The third-order valence-electron chi connectivity index (χ3n) is 3.75. The molecule has 2 rings (SSSR count). The SMILES string of the molecule is C[C@@H]1CCCN(S(=O)(=O)NC[C@H](O)c2c(F)cccc2F)C1. The summed E-state index contributed by atoms with van der Waals surface area (Å²) in [6, 6.07) is 3.21. The Morgan fingerprint density at radius 1 is 1.41 bits per heavy atom. The van der Waals surface area contributed by atoms with E-state index in [2.05, 4.69) is 4.72 Å². The van der Waals surface area contributed by atoms with Gasteiger partial charge in [-0.05, 0) is 30.9 Å². The van der Waals surface area contributed by atoms with E-state index in [0.29, 0.717) is 13.1 Å². The minimum Gasteiger partial charge on any atom is -0.387 e. The van der Waals surface area contributed by atoms with Crippen LogP contribution in [-0.4, -0.2) is 37.5 Å². The van der Waals surface area contributed by atoms with Crippen LogP contribution >= 0.6 is 0 Å². The van der Waals surface area contributed by atoms with Crippen LogP contribution in [0.1, 0.15) is 31.4 Å². The highest BCUT2D eigenvalue weighted by Crippen LogP contribution is 2.21. The van der Waals surface area contributed by atoms with E-state index in [9.17, 15) is 22.3 Å². The maximum atomic E-state index is 13.5. The number of aliphatic hydroxyl groups excluding tert-OH is 1. The van der Waals surface area contributed by atoms with Gasteiger partial charge >= 0.3 is 0 Å². The summed E-state index contributed by atoms with van der Waals surface area (Å²) in [7, 11) is -3.77. The molecule has 8 heteroatoms. The first-order valence-electron chi connectivity index (χ1n) is 7.18. The molecule has 5 nitrogen and oxygen atoms in total. The van der Waals surface area contributed by atoms with Crippen molar-refractivity contribution in [2.45, 2.75) is 25.9 Å². The second-order valence-corrected chi connectivity index (χ2v) is 7.37. The lowest BCUT2D eigenvalue weighted by Gasteiger charge is -2.30. The van der Waals surface area contributed by atoms with Crippen molar-refractivity contribution in [1.82, 2.24) is 9.03 Å². The second kappa shape index (κ2) is 6.99. The van der Waals surface area contributed by atoms with Crippen LogP contribution in [0.4, 0.5) is 8.78 Å². The van der Waals surface area contributed by atoms with E-state index in [4.69, 9.17) is 0 Å². The molecule has 0 aliphatic carbocycles. The molecule has 1 heterocycles. The zero-order valence-electron chi connectivity index (χ0n) is 12.3. The molecule has 0 amide bonds. The van der Waals surface area contributed by atoms with Gasteiger partial charge in [-0.3, -0.25) is 0 Å². The predicted octanol–water partition coefficient (Wildman–Crippen LogP) is 1.56. The average Bonchev–Trinajstić information content (AvgIpc) is 2.45. The van der Waals surface area contributed by atoms with Gasteiger partial charge in [0.25, 0.3) is 10.2 Å².